The van der Waals surface area contributed by atoms with Crippen LogP contribution in [-0.4, -0.2) is 37.4 Å². The van der Waals surface area contributed by atoms with Crippen LogP contribution < -0.4 is 20.1 Å². The van der Waals surface area contributed by atoms with Crippen LogP contribution in [0.5, 0.6) is 17.2 Å². The number of anilines is 1. The smallest absolute Gasteiger partial charge is 0.319 e. The summed E-state index contributed by atoms with van der Waals surface area (Å²) >= 11 is 0. The number of carbonyl (C=O) groups is 1. The van der Waals surface area contributed by atoms with E-state index in [4.69, 9.17) is 20.8 Å². The molecular weight excluding hydrogens is 396 g/mol. The number of carbonyl (C=O) groups excluding carboxylic acids is 1. The lowest BCUT2D eigenvalue weighted by Crippen LogP contribution is -2.30. The number of hydrogen-bond donors (Lipinski definition) is 2. The molecule has 4 rings (SSSR count). The minimum absolute atomic E-state index is 0.202. The summed E-state index contributed by atoms with van der Waals surface area (Å²) in [6.07, 6.45) is 3.72. The molecule has 158 valence electrons. The largest absolute Gasteiger partial charge is 0.502 e. The second-order valence-electron chi connectivity index (χ2n) is 7.10. The lowest BCUT2D eigenvalue weighted by molar-refractivity contribution is 0.147. The molecule has 8 nitrogen and oxygen atoms in total. The molecule has 2 N–H and O–H groups in total. The van der Waals surface area contributed by atoms with Crippen molar-refractivity contribution in [1.82, 2.24) is 10.3 Å². The fourth-order valence-corrected chi connectivity index (χ4v) is 2.98. The molecule has 3 aromatic rings. The third kappa shape index (κ3) is 5.21. The van der Waals surface area contributed by atoms with Crippen LogP contribution in [0.4, 0.5) is 16.2 Å². The number of pyridine rings is 1. The fourth-order valence-electron chi connectivity index (χ4n) is 2.98. The molecule has 1 fully saturated rings. The van der Waals surface area contributed by atoms with Crippen LogP contribution in [0, 0.1) is 6.57 Å². The van der Waals surface area contributed by atoms with Crippen LogP contribution in [0.1, 0.15) is 12.8 Å². The molecule has 0 spiro atoms. The van der Waals surface area contributed by atoms with Crippen LogP contribution in [0.2, 0.25) is 0 Å². The topological polar surface area (TPSA) is 86.1 Å². The van der Waals surface area contributed by atoms with E-state index in [0.29, 0.717) is 58.8 Å². The van der Waals surface area contributed by atoms with Gasteiger partial charge in [-0.1, -0.05) is 0 Å². The molecule has 1 heterocycles. The summed E-state index contributed by atoms with van der Waals surface area (Å²) in [5.41, 5.74) is 1.72. The summed E-state index contributed by atoms with van der Waals surface area (Å²) < 4.78 is 16.7. The van der Waals surface area contributed by atoms with E-state index in [2.05, 4.69) is 20.5 Å². The molecule has 1 aliphatic rings. The first-order valence-corrected chi connectivity index (χ1v) is 9.93. The second-order valence-corrected chi connectivity index (χ2v) is 7.10. The number of nitrogens with zero attached hydrogens (tertiary/aromatic N) is 2. The highest BCUT2D eigenvalue weighted by Crippen LogP contribution is 2.37. The number of rotatable bonds is 8. The number of hydrogen-bond acceptors (Lipinski definition) is 5. The molecule has 1 saturated carbocycles. The Morgan fingerprint density at radius 2 is 1.97 bits per heavy atom. The van der Waals surface area contributed by atoms with Crippen molar-refractivity contribution in [1.29, 1.82) is 0 Å². The number of benzene rings is 2. The fraction of sp³-hybridized carbons (Fsp3) is 0.261. The SMILES string of the molecule is [C-]#[N+]c1cc2c(Oc3ccc(NC(=O)NC4CC4)cc3)ccnc2cc1OCCOC. The van der Waals surface area contributed by atoms with Gasteiger partial charge in [0.15, 0.2) is 0 Å². The van der Waals surface area contributed by atoms with Crippen LogP contribution >= 0.6 is 0 Å². The van der Waals surface area contributed by atoms with Gasteiger partial charge in [-0.25, -0.2) is 9.64 Å². The van der Waals surface area contributed by atoms with Gasteiger partial charge in [0.05, 0.1) is 18.7 Å². The highest BCUT2D eigenvalue weighted by molar-refractivity contribution is 5.91. The molecule has 0 radical (unpaired) electrons. The molecular formula is C23H22N4O4. The van der Waals surface area contributed by atoms with E-state index in [0.717, 1.165) is 12.8 Å². The highest BCUT2D eigenvalue weighted by atomic mass is 16.5. The van der Waals surface area contributed by atoms with Crippen molar-refractivity contribution >= 4 is 28.3 Å². The predicted molar refractivity (Wildman–Crippen MR) is 117 cm³/mol. The van der Waals surface area contributed by atoms with Crippen molar-refractivity contribution in [3.63, 3.8) is 0 Å². The third-order valence-corrected chi connectivity index (χ3v) is 4.70. The predicted octanol–water partition coefficient (Wildman–Crippen LogP) is 4.89. The number of nitrogens with one attached hydrogen (secondary N) is 2. The minimum Gasteiger partial charge on any atom is -0.502 e. The second kappa shape index (κ2) is 9.32. The summed E-state index contributed by atoms with van der Waals surface area (Å²) in [5, 5.41) is 6.39. The van der Waals surface area contributed by atoms with Crippen molar-refractivity contribution in [2.24, 2.45) is 0 Å². The average Bonchev–Trinajstić information content (AvgIpc) is 3.59. The number of methoxy groups -OCH3 is 1. The molecule has 0 bridgehead atoms. The van der Waals surface area contributed by atoms with Gasteiger partial charge in [-0.05, 0) is 55.3 Å². The monoisotopic (exact) mass is 418 g/mol. The van der Waals surface area contributed by atoms with Gasteiger partial charge in [-0.15, -0.1) is 0 Å². The van der Waals surface area contributed by atoms with Crippen LogP contribution in [0.3, 0.4) is 0 Å². The van der Waals surface area contributed by atoms with E-state index >= 15 is 0 Å². The summed E-state index contributed by atoms with van der Waals surface area (Å²) in [7, 11) is 1.59. The Labute approximate surface area is 180 Å². The number of fused-ring (bicyclic) bond motifs is 1. The van der Waals surface area contributed by atoms with Crippen molar-refractivity contribution < 1.29 is 19.0 Å². The minimum atomic E-state index is -0.202. The van der Waals surface area contributed by atoms with E-state index in [9.17, 15) is 4.79 Å². The zero-order valence-corrected chi connectivity index (χ0v) is 17.1. The van der Waals surface area contributed by atoms with Gasteiger partial charge in [-0.2, -0.15) is 0 Å². The zero-order chi connectivity index (χ0) is 21.6. The summed E-state index contributed by atoms with van der Waals surface area (Å²) in [5.74, 6) is 1.64. The maximum absolute atomic E-state index is 11.9. The molecule has 0 unspecified atom stereocenters. The first kappa shape index (κ1) is 20.4. The average molecular weight is 418 g/mol. The van der Waals surface area contributed by atoms with Gasteiger partial charge < -0.3 is 24.8 Å². The number of aromatic nitrogens is 1. The first-order chi connectivity index (χ1) is 15.2. The Hall–Kier alpha value is -3.83. The third-order valence-electron chi connectivity index (χ3n) is 4.70. The van der Waals surface area contributed by atoms with Gasteiger partial charge in [0.25, 0.3) is 0 Å². The van der Waals surface area contributed by atoms with Gasteiger partial charge in [0.2, 0.25) is 5.69 Å². The maximum Gasteiger partial charge on any atom is 0.319 e. The van der Waals surface area contributed by atoms with E-state index in [1.807, 2.05) is 0 Å². The van der Waals surface area contributed by atoms with E-state index in [1.54, 1.807) is 55.8 Å². The van der Waals surface area contributed by atoms with E-state index < -0.39 is 0 Å². The molecule has 2 aromatic carbocycles. The molecule has 31 heavy (non-hydrogen) atoms. The molecule has 8 heteroatoms. The Morgan fingerprint density at radius 1 is 1.16 bits per heavy atom. The van der Waals surface area contributed by atoms with Crippen molar-refractivity contribution in [3.8, 4) is 17.2 Å². The van der Waals surface area contributed by atoms with Gasteiger partial charge in [-0.3, -0.25) is 4.98 Å². The van der Waals surface area contributed by atoms with Crippen molar-refractivity contribution in [2.45, 2.75) is 18.9 Å². The molecule has 0 saturated heterocycles. The van der Waals surface area contributed by atoms with Crippen LogP contribution in [0.25, 0.3) is 15.7 Å². The summed E-state index contributed by atoms with van der Waals surface area (Å²) in [4.78, 5) is 19.8. The first-order valence-electron chi connectivity index (χ1n) is 9.93. The number of amides is 2. The van der Waals surface area contributed by atoms with Crippen molar-refractivity contribution in [3.05, 3.63) is 60.1 Å². The summed E-state index contributed by atoms with van der Waals surface area (Å²) in [6, 6.07) is 12.4. The molecule has 1 aliphatic carbocycles. The summed E-state index contributed by atoms with van der Waals surface area (Å²) in [6.45, 7) is 8.25. The van der Waals surface area contributed by atoms with Crippen LogP contribution in [0.15, 0.2) is 48.7 Å². The van der Waals surface area contributed by atoms with E-state index in [-0.39, 0.29) is 6.03 Å². The zero-order valence-electron chi connectivity index (χ0n) is 17.1. The Morgan fingerprint density at radius 3 is 2.68 bits per heavy atom. The number of ether oxygens (including phenoxy) is 3. The molecule has 2 amide bonds. The lowest BCUT2D eigenvalue weighted by atomic mass is 10.1. The maximum atomic E-state index is 11.9. The number of urea groups is 1. The normalized spacial score (nSPS) is 12.8. The van der Waals surface area contributed by atoms with Gasteiger partial charge >= 0.3 is 6.03 Å². The van der Waals surface area contributed by atoms with Gasteiger partial charge in [0.1, 0.15) is 23.9 Å². The Kier molecular flexibility index (Phi) is 6.15. The quantitative estimate of drug-likeness (QED) is 0.402. The molecule has 0 aliphatic heterocycles. The Balaban J connectivity index is 1.51. The standard InChI is InChI=1S/C23H22N4O4/c1-24-20-13-18-19(14-22(20)30-12-11-29-2)25-10-9-21(18)31-17-7-5-16(6-8-17)27-23(28)26-15-3-4-15/h5-10,13-15H,3-4,11-12H2,2H3,(H2,26,27,28). The van der Waals surface area contributed by atoms with Crippen LogP contribution in [-0.2, 0) is 4.74 Å². The van der Waals surface area contributed by atoms with E-state index in [1.165, 1.54) is 0 Å². The molecule has 1 aromatic heterocycles. The Bertz CT molecular complexity index is 1120. The lowest BCUT2D eigenvalue weighted by Gasteiger charge is -2.12. The van der Waals surface area contributed by atoms with Gasteiger partial charge in [0, 0.05) is 30.4 Å². The highest BCUT2D eigenvalue weighted by Gasteiger charge is 2.23. The molecule has 0 atom stereocenters. The van der Waals surface area contributed by atoms with Crippen molar-refractivity contribution in [2.75, 3.05) is 25.6 Å².